The number of sulfone groups is 1. The van der Waals surface area contributed by atoms with E-state index in [2.05, 4.69) is 5.40 Å². The summed E-state index contributed by atoms with van der Waals surface area (Å²) in [6.07, 6.45) is 6.83. The molecule has 3 nitrogen and oxygen atoms in total. The van der Waals surface area contributed by atoms with Crippen molar-refractivity contribution in [3.8, 4) is 5.40 Å². The lowest BCUT2D eigenvalue weighted by molar-refractivity contribution is -0.190. The molecule has 3 rings (SSSR count). The van der Waals surface area contributed by atoms with Crippen molar-refractivity contribution in [2.45, 2.75) is 32.1 Å². The summed E-state index contributed by atoms with van der Waals surface area (Å²) >= 11 is 1.37. The van der Waals surface area contributed by atoms with Crippen LogP contribution in [0.5, 0.6) is 0 Å². The first-order chi connectivity index (χ1) is 7.39. The van der Waals surface area contributed by atoms with Gasteiger partial charge in [0.05, 0.1) is 0 Å². The first-order valence-corrected chi connectivity index (χ1v) is 8.62. The normalized spacial score (nSPS) is 36.0. The molecule has 3 fully saturated rings. The molecule has 2 bridgehead atoms. The largest absolute Gasteiger partial charge is 0.229 e. The molecule has 0 atom stereocenters. The van der Waals surface area contributed by atoms with Crippen molar-refractivity contribution in [1.82, 2.24) is 0 Å². The lowest BCUT2D eigenvalue weighted by atomic mass is 9.35. The van der Waals surface area contributed by atoms with E-state index >= 15 is 0 Å². The van der Waals surface area contributed by atoms with E-state index in [4.69, 9.17) is 5.26 Å². The summed E-state index contributed by atoms with van der Waals surface area (Å²) < 4.78 is 22.0. The average molecular weight is 259 g/mol. The minimum Gasteiger partial charge on any atom is -0.229 e. The Kier molecular flexibility index (Phi) is 3.00. The number of nitriles is 1. The van der Waals surface area contributed by atoms with Gasteiger partial charge in [0.1, 0.15) is 15.2 Å². The standard InChI is InChI=1S/C11H17NO2S2/c1-16(13,14)4-2-3-10-5-11(6-10,7-10)8-15-9-12/h2-8H2,1H3. The van der Waals surface area contributed by atoms with Crippen LogP contribution in [0.15, 0.2) is 0 Å². The van der Waals surface area contributed by atoms with Crippen LogP contribution in [-0.4, -0.2) is 26.2 Å². The van der Waals surface area contributed by atoms with E-state index in [9.17, 15) is 8.42 Å². The minimum atomic E-state index is -2.79. The first kappa shape index (κ1) is 12.3. The third-order valence-electron chi connectivity index (χ3n) is 3.92. The van der Waals surface area contributed by atoms with Gasteiger partial charge in [0, 0.05) is 17.8 Å². The second-order valence-electron chi connectivity index (χ2n) is 5.64. The topological polar surface area (TPSA) is 57.9 Å². The molecule has 0 amide bonds. The Bertz CT molecular complexity index is 402. The number of thiocyanates is 1. The van der Waals surface area contributed by atoms with Crippen molar-refractivity contribution in [3.05, 3.63) is 0 Å². The van der Waals surface area contributed by atoms with Crippen molar-refractivity contribution in [2.75, 3.05) is 17.8 Å². The predicted molar refractivity (Wildman–Crippen MR) is 65.7 cm³/mol. The lowest BCUT2D eigenvalue weighted by Crippen LogP contribution is -2.62. The van der Waals surface area contributed by atoms with Gasteiger partial charge in [-0.25, -0.2) is 8.42 Å². The van der Waals surface area contributed by atoms with Gasteiger partial charge in [-0.05, 0) is 54.7 Å². The molecular weight excluding hydrogens is 242 g/mol. The molecule has 0 aliphatic heterocycles. The fourth-order valence-corrected chi connectivity index (χ4v) is 4.89. The van der Waals surface area contributed by atoms with Gasteiger partial charge in [-0.15, -0.1) is 0 Å². The maximum Gasteiger partial charge on any atom is 0.147 e. The minimum absolute atomic E-state index is 0.328. The van der Waals surface area contributed by atoms with Crippen LogP contribution in [0.2, 0.25) is 0 Å². The number of hydrogen-bond acceptors (Lipinski definition) is 4. The Morgan fingerprint density at radius 3 is 2.44 bits per heavy atom. The van der Waals surface area contributed by atoms with E-state index in [1.54, 1.807) is 0 Å². The number of thioether (sulfide) groups is 1. The summed E-state index contributed by atoms with van der Waals surface area (Å²) in [6.45, 7) is 0. The first-order valence-electron chi connectivity index (χ1n) is 5.58. The van der Waals surface area contributed by atoms with Gasteiger partial charge >= 0.3 is 0 Å². The summed E-state index contributed by atoms with van der Waals surface area (Å²) in [4.78, 5) is 0. The molecule has 0 N–H and O–H groups in total. The Hall–Kier alpha value is -0.210. The van der Waals surface area contributed by atoms with Gasteiger partial charge in [-0.2, -0.15) is 5.26 Å². The molecule has 0 spiro atoms. The summed E-state index contributed by atoms with van der Waals surface area (Å²) in [6, 6.07) is 0. The molecule has 0 aromatic rings. The van der Waals surface area contributed by atoms with Gasteiger partial charge in [-0.1, -0.05) is 0 Å². The van der Waals surface area contributed by atoms with Gasteiger partial charge in [0.25, 0.3) is 0 Å². The highest BCUT2D eigenvalue weighted by molar-refractivity contribution is 8.03. The van der Waals surface area contributed by atoms with Crippen molar-refractivity contribution < 1.29 is 8.42 Å². The quantitative estimate of drug-likeness (QED) is 0.686. The van der Waals surface area contributed by atoms with Crippen LogP contribution in [0, 0.1) is 21.5 Å². The second kappa shape index (κ2) is 3.92. The number of hydrogen-bond donors (Lipinski definition) is 0. The molecule has 0 heterocycles. The zero-order chi connectivity index (χ0) is 11.9. The molecule has 90 valence electrons. The highest BCUT2D eigenvalue weighted by Crippen LogP contribution is 2.75. The van der Waals surface area contributed by atoms with E-state index in [0.717, 1.165) is 18.6 Å². The molecule has 0 radical (unpaired) electrons. The summed E-state index contributed by atoms with van der Waals surface area (Å²) in [5.41, 5.74) is 0.909. The van der Waals surface area contributed by atoms with Crippen LogP contribution in [-0.2, 0) is 9.84 Å². The Morgan fingerprint density at radius 1 is 1.31 bits per heavy atom. The van der Waals surface area contributed by atoms with E-state index in [-0.39, 0.29) is 0 Å². The fraction of sp³-hybridized carbons (Fsp3) is 0.909. The second-order valence-corrected chi connectivity index (χ2v) is 8.66. The SMILES string of the molecule is CS(=O)(=O)CCCC12CC(CSC#N)(C1)C2. The van der Waals surface area contributed by atoms with Gasteiger partial charge < -0.3 is 0 Å². The third-order valence-corrected chi connectivity index (χ3v) is 5.83. The summed E-state index contributed by atoms with van der Waals surface area (Å²) in [7, 11) is -2.79. The zero-order valence-electron chi connectivity index (χ0n) is 9.53. The third kappa shape index (κ3) is 2.38. The van der Waals surface area contributed by atoms with E-state index < -0.39 is 9.84 Å². The van der Waals surface area contributed by atoms with Crippen LogP contribution < -0.4 is 0 Å². The number of rotatable bonds is 6. The van der Waals surface area contributed by atoms with Gasteiger partial charge in [0.15, 0.2) is 0 Å². The molecule has 5 heteroatoms. The van der Waals surface area contributed by atoms with Crippen molar-refractivity contribution in [3.63, 3.8) is 0 Å². The van der Waals surface area contributed by atoms with Crippen LogP contribution >= 0.6 is 11.8 Å². The van der Waals surface area contributed by atoms with Crippen molar-refractivity contribution in [2.24, 2.45) is 10.8 Å². The molecule has 3 aliphatic rings. The Morgan fingerprint density at radius 2 is 1.94 bits per heavy atom. The zero-order valence-corrected chi connectivity index (χ0v) is 11.2. The van der Waals surface area contributed by atoms with E-state index in [1.807, 2.05) is 0 Å². The highest BCUT2D eigenvalue weighted by Gasteiger charge is 2.66. The fourth-order valence-electron chi connectivity index (χ4n) is 3.54. The predicted octanol–water partition coefficient (Wildman–Crippen LogP) is 2.20. The van der Waals surface area contributed by atoms with Gasteiger partial charge in [0.2, 0.25) is 0 Å². The number of nitrogens with zero attached hydrogens (tertiary/aromatic N) is 1. The van der Waals surface area contributed by atoms with Crippen LogP contribution in [0.1, 0.15) is 32.1 Å². The molecule has 0 aromatic carbocycles. The monoisotopic (exact) mass is 259 g/mol. The highest BCUT2D eigenvalue weighted by atomic mass is 32.2. The average Bonchev–Trinajstić information content (AvgIpc) is 2.03. The Balaban J connectivity index is 1.68. The maximum atomic E-state index is 11.0. The van der Waals surface area contributed by atoms with Crippen molar-refractivity contribution >= 4 is 21.6 Å². The summed E-state index contributed by atoms with van der Waals surface area (Å²) in [5.74, 6) is 1.30. The van der Waals surface area contributed by atoms with Gasteiger partial charge in [-0.3, -0.25) is 0 Å². The molecule has 0 aromatic heterocycles. The van der Waals surface area contributed by atoms with Crippen LogP contribution in [0.4, 0.5) is 0 Å². The molecular formula is C11H17NO2S2. The van der Waals surface area contributed by atoms with E-state index in [1.165, 1.54) is 37.3 Å². The van der Waals surface area contributed by atoms with Crippen LogP contribution in [0.3, 0.4) is 0 Å². The van der Waals surface area contributed by atoms with Crippen molar-refractivity contribution in [1.29, 1.82) is 5.26 Å². The van der Waals surface area contributed by atoms with E-state index in [0.29, 0.717) is 16.6 Å². The van der Waals surface area contributed by atoms with Crippen LogP contribution in [0.25, 0.3) is 0 Å². The molecule has 0 saturated heterocycles. The Labute approximate surface area is 102 Å². The lowest BCUT2D eigenvalue weighted by Gasteiger charge is -2.71. The molecule has 16 heavy (non-hydrogen) atoms. The molecule has 3 aliphatic carbocycles. The molecule has 0 unspecified atom stereocenters. The smallest absolute Gasteiger partial charge is 0.147 e. The molecule has 3 saturated carbocycles. The maximum absolute atomic E-state index is 11.0. The summed E-state index contributed by atoms with van der Waals surface area (Å²) in [5, 5.41) is 10.6.